The van der Waals surface area contributed by atoms with E-state index in [1.54, 1.807) is 11.8 Å². The van der Waals surface area contributed by atoms with Gasteiger partial charge in [0.2, 0.25) is 5.16 Å². The van der Waals surface area contributed by atoms with E-state index in [0.717, 1.165) is 43.1 Å². The molecule has 0 bridgehead atoms. The topological polar surface area (TPSA) is 43.1 Å². The lowest BCUT2D eigenvalue weighted by Gasteiger charge is -2.25. The highest BCUT2D eigenvalue weighted by molar-refractivity contribution is 9.10. The zero-order chi connectivity index (χ0) is 18.3. The molecule has 1 aromatic heterocycles. The van der Waals surface area contributed by atoms with E-state index in [4.69, 9.17) is 16.7 Å². The monoisotopic (exact) mass is 446 g/mol. The Morgan fingerprint density at radius 2 is 1.88 bits per heavy atom. The zero-order valence-electron chi connectivity index (χ0n) is 14.3. The number of thioether (sulfide) groups is 1. The van der Waals surface area contributed by atoms with Gasteiger partial charge in [-0.1, -0.05) is 63.6 Å². The molecule has 2 heterocycles. The predicted octanol–water partition coefficient (Wildman–Crippen LogP) is 5.38. The van der Waals surface area contributed by atoms with Crippen molar-refractivity contribution in [1.82, 2.24) is 14.9 Å². The lowest BCUT2D eigenvalue weighted by molar-refractivity contribution is 0.545. The van der Waals surface area contributed by atoms with Crippen LogP contribution in [0.2, 0.25) is 5.02 Å². The van der Waals surface area contributed by atoms with Crippen molar-refractivity contribution in [2.75, 3.05) is 5.75 Å². The van der Waals surface area contributed by atoms with Crippen LogP contribution in [0.1, 0.15) is 30.8 Å². The third-order valence-corrected chi connectivity index (χ3v) is 6.13. The molecular formula is C19H16BrClN4S. The number of halogens is 2. The van der Waals surface area contributed by atoms with Gasteiger partial charge in [0, 0.05) is 15.2 Å². The standard InChI is InChI=1S/C19H16BrClN4S/c1-19(2,13-6-8-15(21)9-7-13)17-22-23-18-25(17)24-16(11-26-18)12-4-3-5-14(20)10-12/h3-10H,11H2,1-2H3. The molecule has 0 atom stereocenters. The Bertz CT molecular complexity index is 995. The van der Waals surface area contributed by atoms with Gasteiger partial charge < -0.3 is 0 Å². The molecule has 0 amide bonds. The first-order valence-corrected chi connectivity index (χ1v) is 10.3. The number of fused-ring (bicyclic) bond motifs is 1. The average Bonchev–Trinajstić information content (AvgIpc) is 3.06. The number of rotatable bonds is 3. The maximum Gasteiger partial charge on any atom is 0.212 e. The molecule has 1 aliphatic rings. The largest absolute Gasteiger partial charge is 0.212 e. The van der Waals surface area contributed by atoms with Crippen LogP contribution in [0, 0.1) is 0 Å². The van der Waals surface area contributed by atoms with Gasteiger partial charge >= 0.3 is 0 Å². The van der Waals surface area contributed by atoms with Crippen LogP contribution in [0.25, 0.3) is 0 Å². The molecule has 3 aromatic rings. The van der Waals surface area contributed by atoms with E-state index in [2.05, 4.69) is 52.1 Å². The SMILES string of the molecule is CC(C)(c1ccc(Cl)cc1)c1nnc2n1N=C(c1cccc(Br)c1)CS2. The predicted molar refractivity (Wildman–Crippen MR) is 110 cm³/mol. The summed E-state index contributed by atoms with van der Waals surface area (Å²) in [6.07, 6.45) is 0. The second-order valence-electron chi connectivity index (χ2n) is 6.60. The molecule has 0 aliphatic carbocycles. The van der Waals surface area contributed by atoms with Crippen molar-refractivity contribution in [1.29, 1.82) is 0 Å². The van der Waals surface area contributed by atoms with Gasteiger partial charge in [-0.25, -0.2) is 0 Å². The molecule has 0 N–H and O–H groups in total. The third kappa shape index (κ3) is 3.21. The van der Waals surface area contributed by atoms with E-state index in [9.17, 15) is 0 Å². The fourth-order valence-electron chi connectivity index (χ4n) is 2.92. The molecule has 4 rings (SSSR count). The molecular weight excluding hydrogens is 432 g/mol. The molecule has 1 aliphatic heterocycles. The van der Waals surface area contributed by atoms with Crippen LogP contribution in [0.4, 0.5) is 0 Å². The molecule has 0 spiro atoms. The van der Waals surface area contributed by atoms with Crippen LogP contribution in [-0.2, 0) is 5.41 Å². The number of benzene rings is 2. The second-order valence-corrected chi connectivity index (χ2v) is 8.89. The summed E-state index contributed by atoms with van der Waals surface area (Å²) in [5, 5.41) is 15.2. The number of aromatic nitrogens is 3. The van der Waals surface area contributed by atoms with Gasteiger partial charge in [-0.2, -0.15) is 9.78 Å². The maximum atomic E-state index is 6.04. The second kappa shape index (κ2) is 6.83. The van der Waals surface area contributed by atoms with Crippen LogP contribution in [0.3, 0.4) is 0 Å². The fourth-order valence-corrected chi connectivity index (χ4v) is 4.29. The molecule has 0 unspecified atom stereocenters. The van der Waals surface area contributed by atoms with Gasteiger partial charge in [0.15, 0.2) is 5.82 Å². The van der Waals surface area contributed by atoms with E-state index in [1.807, 2.05) is 41.1 Å². The van der Waals surface area contributed by atoms with Crippen LogP contribution in [0.5, 0.6) is 0 Å². The first-order chi connectivity index (χ1) is 12.4. The van der Waals surface area contributed by atoms with Gasteiger partial charge in [-0.15, -0.1) is 10.2 Å². The van der Waals surface area contributed by atoms with E-state index in [-0.39, 0.29) is 5.41 Å². The molecule has 26 heavy (non-hydrogen) atoms. The van der Waals surface area contributed by atoms with Crippen molar-refractivity contribution < 1.29 is 0 Å². The Morgan fingerprint density at radius 3 is 2.62 bits per heavy atom. The molecule has 2 aromatic carbocycles. The minimum absolute atomic E-state index is 0.348. The summed E-state index contributed by atoms with van der Waals surface area (Å²) in [4.78, 5) is 0. The van der Waals surface area contributed by atoms with Crippen molar-refractivity contribution in [3.63, 3.8) is 0 Å². The Morgan fingerprint density at radius 1 is 1.12 bits per heavy atom. The first kappa shape index (κ1) is 17.8. The van der Waals surface area contributed by atoms with E-state index >= 15 is 0 Å². The summed E-state index contributed by atoms with van der Waals surface area (Å²) < 4.78 is 2.91. The Kier molecular flexibility index (Phi) is 4.67. The maximum absolute atomic E-state index is 6.04. The van der Waals surface area contributed by atoms with Gasteiger partial charge in [0.25, 0.3) is 0 Å². The summed E-state index contributed by atoms with van der Waals surface area (Å²) in [6.45, 7) is 4.25. The summed E-state index contributed by atoms with van der Waals surface area (Å²) in [5.41, 5.74) is 2.88. The molecule has 0 radical (unpaired) electrons. The van der Waals surface area contributed by atoms with Crippen molar-refractivity contribution >= 4 is 45.0 Å². The van der Waals surface area contributed by atoms with E-state index in [0.29, 0.717) is 0 Å². The molecule has 0 saturated heterocycles. The molecule has 0 fully saturated rings. The van der Waals surface area contributed by atoms with Gasteiger partial charge in [0.1, 0.15) is 0 Å². The zero-order valence-corrected chi connectivity index (χ0v) is 17.4. The normalized spacial score (nSPS) is 14.1. The van der Waals surface area contributed by atoms with Gasteiger partial charge in [0.05, 0.1) is 11.1 Å². The molecule has 7 heteroatoms. The van der Waals surface area contributed by atoms with Crippen molar-refractivity contribution in [2.24, 2.45) is 5.10 Å². The van der Waals surface area contributed by atoms with Gasteiger partial charge in [-0.05, 0) is 49.2 Å². The highest BCUT2D eigenvalue weighted by Crippen LogP contribution is 2.34. The summed E-state index contributed by atoms with van der Waals surface area (Å²) in [7, 11) is 0. The Labute approximate surface area is 169 Å². The van der Waals surface area contributed by atoms with Crippen LogP contribution >= 0.6 is 39.3 Å². The smallest absolute Gasteiger partial charge is 0.190 e. The Hall–Kier alpha value is -1.63. The molecule has 4 nitrogen and oxygen atoms in total. The first-order valence-electron chi connectivity index (χ1n) is 8.14. The summed E-state index contributed by atoms with van der Waals surface area (Å²) in [6, 6.07) is 16.0. The number of hydrogen-bond donors (Lipinski definition) is 0. The van der Waals surface area contributed by atoms with Crippen LogP contribution in [0.15, 0.2) is 63.3 Å². The number of hydrogen-bond acceptors (Lipinski definition) is 4. The van der Waals surface area contributed by atoms with Crippen LogP contribution < -0.4 is 0 Å². The van der Waals surface area contributed by atoms with Crippen molar-refractivity contribution in [2.45, 2.75) is 24.4 Å². The van der Waals surface area contributed by atoms with E-state index < -0.39 is 0 Å². The highest BCUT2D eigenvalue weighted by Gasteiger charge is 2.32. The average molecular weight is 448 g/mol. The lowest BCUT2D eigenvalue weighted by atomic mass is 9.84. The molecule has 132 valence electrons. The minimum Gasteiger partial charge on any atom is -0.190 e. The van der Waals surface area contributed by atoms with Crippen molar-refractivity contribution in [3.05, 3.63) is 75.0 Å². The fraction of sp³-hybridized carbons (Fsp3) is 0.211. The van der Waals surface area contributed by atoms with Crippen LogP contribution in [-0.4, -0.2) is 26.3 Å². The van der Waals surface area contributed by atoms with Crippen molar-refractivity contribution in [3.8, 4) is 0 Å². The quantitative estimate of drug-likeness (QED) is 0.541. The lowest BCUT2D eigenvalue weighted by Crippen LogP contribution is -2.25. The molecule has 0 saturated carbocycles. The highest BCUT2D eigenvalue weighted by atomic mass is 79.9. The summed E-state index contributed by atoms with van der Waals surface area (Å²) >= 11 is 11.2. The Balaban J connectivity index is 1.78. The number of nitrogens with zero attached hydrogens (tertiary/aromatic N) is 4. The summed E-state index contributed by atoms with van der Waals surface area (Å²) in [5.74, 6) is 1.59. The van der Waals surface area contributed by atoms with E-state index in [1.165, 1.54) is 0 Å². The van der Waals surface area contributed by atoms with Gasteiger partial charge in [-0.3, -0.25) is 0 Å². The third-order valence-electron chi connectivity index (χ3n) is 4.45. The minimum atomic E-state index is -0.348.